The van der Waals surface area contributed by atoms with E-state index in [0.717, 1.165) is 0 Å². The maximum absolute atomic E-state index is 10.3. The molecule has 0 fully saturated rings. The number of aliphatic carboxylic acids is 1. The standard InChI is InChI=1S/C7H11NO2/c1-3-4-5-7(2,8)6(9)10/h1H,4-5,8H2,2H3,(H,9,10). The minimum absolute atomic E-state index is 0.318. The predicted octanol–water partition coefficient (Wildman–Crippen LogP) is 0.202. The van der Waals surface area contributed by atoms with E-state index in [4.69, 9.17) is 17.3 Å². The summed E-state index contributed by atoms with van der Waals surface area (Å²) in [5.41, 5.74) is 4.18. The lowest BCUT2D eigenvalue weighted by atomic mass is 9.98. The van der Waals surface area contributed by atoms with Gasteiger partial charge in [-0.15, -0.1) is 12.3 Å². The zero-order valence-electron chi connectivity index (χ0n) is 5.92. The number of carboxylic acids is 1. The van der Waals surface area contributed by atoms with Gasteiger partial charge in [0.2, 0.25) is 0 Å². The minimum Gasteiger partial charge on any atom is -0.480 e. The van der Waals surface area contributed by atoms with Crippen LogP contribution in [0.2, 0.25) is 0 Å². The molecule has 10 heavy (non-hydrogen) atoms. The Balaban J connectivity index is 3.90. The molecule has 0 saturated carbocycles. The Bertz CT molecular complexity index is 167. The van der Waals surface area contributed by atoms with Crippen molar-refractivity contribution in [3.63, 3.8) is 0 Å². The number of rotatable bonds is 3. The molecule has 0 aromatic carbocycles. The first-order valence-corrected chi connectivity index (χ1v) is 2.96. The third kappa shape index (κ3) is 2.51. The zero-order chi connectivity index (χ0) is 8.20. The monoisotopic (exact) mass is 141 g/mol. The van der Waals surface area contributed by atoms with Crippen molar-refractivity contribution in [2.75, 3.05) is 0 Å². The fraction of sp³-hybridized carbons (Fsp3) is 0.571. The quantitative estimate of drug-likeness (QED) is 0.552. The molecule has 3 heteroatoms. The molecular weight excluding hydrogens is 130 g/mol. The van der Waals surface area contributed by atoms with E-state index < -0.39 is 11.5 Å². The van der Waals surface area contributed by atoms with Gasteiger partial charge in [0, 0.05) is 6.42 Å². The third-order valence-electron chi connectivity index (χ3n) is 1.28. The number of nitrogens with two attached hydrogens (primary N) is 1. The molecular formula is C7H11NO2. The second-order valence-corrected chi connectivity index (χ2v) is 2.43. The SMILES string of the molecule is C#CCCC(C)(N)C(=O)O. The molecule has 3 N–H and O–H groups in total. The van der Waals surface area contributed by atoms with Crippen molar-refractivity contribution in [1.29, 1.82) is 0 Å². The second-order valence-electron chi connectivity index (χ2n) is 2.43. The summed E-state index contributed by atoms with van der Waals surface area (Å²) in [4.78, 5) is 10.3. The molecule has 0 aliphatic rings. The summed E-state index contributed by atoms with van der Waals surface area (Å²) >= 11 is 0. The van der Waals surface area contributed by atoms with Crippen LogP contribution in [0.4, 0.5) is 0 Å². The van der Waals surface area contributed by atoms with Crippen molar-refractivity contribution in [2.24, 2.45) is 5.73 Å². The van der Waals surface area contributed by atoms with E-state index in [-0.39, 0.29) is 0 Å². The number of terminal acetylenes is 1. The van der Waals surface area contributed by atoms with Crippen LogP contribution in [-0.4, -0.2) is 16.6 Å². The molecule has 3 nitrogen and oxygen atoms in total. The molecule has 0 rings (SSSR count). The Labute approximate surface area is 60.2 Å². The van der Waals surface area contributed by atoms with Crippen LogP contribution in [0.1, 0.15) is 19.8 Å². The van der Waals surface area contributed by atoms with Gasteiger partial charge in [0.05, 0.1) is 0 Å². The van der Waals surface area contributed by atoms with E-state index in [0.29, 0.717) is 12.8 Å². The van der Waals surface area contributed by atoms with Crippen LogP contribution in [0.3, 0.4) is 0 Å². The zero-order valence-corrected chi connectivity index (χ0v) is 5.92. The Morgan fingerprint density at radius 1 is 1.90 bits per heavy atom. The molecule has 0 saturated heterocycles. The van der Waals surface area contributed by atoms with Gasteiger partial charge in [-0.1, -0.05) is 0 Å². The van der Waals surface area contributed by atoms with Gasteiger partial charge in [-0.25, -0.2) is 0 Å². The summed E-state index contributed by atoms with van der Waals surface area (Å²) in [5, 5.41) is 8.47. The Hall–Kier alpha value is -1.01. The minimum atomic E-state index is -1.17. The lowest BCUT2D eigenvalue weighted by Crippen LogP contribution is -2.44. The van der Waals surface area contributed by atoms with Gasteiger partial charge in [-0.05, 0) is 13.3 Å². The van der Waals surface area contributed by atoms with E-state index in [1.165, 1.54) is 6.92 Å². The fourth-order valence-electron chi connectivity index (χ4n) is 0.439. The summed E-state index contributed by atoms with van der Waals surface area (Å²) in [6.07, 6.45) is 5.66. The summed E-state index contributed by atoms with van der Waals surface area (Å²) in [6.45, 7) is 1.45. The van der Waals surface area contributed by atoms with Crippen molar-refractivity contribution < 1.29 is 9.90 Å². The van der Waals surface area contributed by atoms with Crippen LogP contribution in [0, 0.1) is 12.3 Å². The molecule has 0 radical (unpaired) electrons. The highest BCUT2D eigenvalue weighted by atomic mass is 16.4. The fourth-order valence-corrected chi connectivity index (χ4v) is 0.439. The molecule has 1 atom stereocenters. The van der Waals surface area contributed by atoms with Crippen LogP contribution >= 0.6 is 0 Å². The molecule has 1 unspecified atom stereocenters. The van der Waals surface area contributed by atoms with Crippen molar-refractivity contribution in [3.05, 3.63) is 0 Å². The maximum atomic E-state index is 10.3. The highest BCUT2D eigenvalue weighted by molar-refractivity contribution is 5.77. The average Bonchev–Trinajstić information content (AvgIpc) is 1.84. The van der Waals surface area contributed by atoms with E-state index >= 15 is 0 Å². The Kier molecular flexibility index (Phi) is 2.91. The van der Waals surface area contributed by atoms with Gasteiger partial charge in [0.15, 0.2) is 0 Å². The number of carboxylic acid groups (broad SMARTS) is 1. The number of hydrogen-bond acceptors (Lipinski definition) is 2. The Morgan fingerprint density at radius 3 is 2.70 bits per heavy atom. The van der Waals surface area contributed by atoms with Gasteiger partial charge in [0.1, 0.15) is 5.54 Å². The Morgan fingerprint density at radius 2 is 2.40 bits per heavy atom. The smallest absolute Gasteiger partial charge is 0.323 e. The lowest BCUT2D eigenvalue weighted by Gasteiger charge is -2.16. The van der Waals surface area contributed by atoms with Gasteiger partial charge in [-0.2, -0.15) is 0 Å². The number of carbonyl (C=O) groups is 1. The van der Waals surface area contributed by atoms with Crippen molar-refractivity contribution in [1.82, 2.24) is 0 Å². The predicted molar refractivity (Wildman–Crippen MR) is 38.3 cm³/mol. The average molecular weight is 141 g/mol. The van der Waals surface area contributed by atoms with E-state index in [1.54, 1.807) is 0 Å². The molecule has 0 spiro atoms. The molecule has 0 bridgehead atoms. The molecule has 0 aromatic heterocycles. The summed E-state index contributed by atoms with van der Waals surface area (Å²) in [7, 11) is 0. The molecule has 56 valence electrons. The topological polar surface area (TPSA) is 63.3 Å². The van der Waals surface area contributed by atoms with Crippen LogP contribution in [0.25, 0.3) is 0 Å². The lowest BCUT2D eigenvalue weighted by molar-refractivity contribution is -0.142. The van der Waals surface area contributed by atoms with E-state index in [9.17, 15) is 4.79 Å². The molecule has 0 heterocycles. The van der Waals surface area contributed by atoms with Crippen LogP contribution in [0.5, 0.6) is 0 Å². The normalized spacial score (nSPS) is 15.3. The van der Waals surface area contributed by atoms with Crippen LogP contribution in [0.15, 0.2) is 0 Å². The van der Waals surface area contributed by atoms with Gasteiger partial charge >= 0.3 is 5.97 Å². The summed E-state index contributed by atoms with van der Waals surface area (Å²) in [5.74, 6) is 1.32. The molecule has 0 aliphatic heterocycles. The molecule has 0 amide bonds. The largest absolute Gasteiger partial charge is 0.480 e. The van der Waals surface area contributed by atoms with Gasteiger partial charge in [0.25, 0.3) is 0 Å². The molecule has 0 aliphatic carbocycles. The van der Waals surface area contributed by atoms with Crippen molar-refractivity contribution >= 4 is 5.97 Å². The van der Waals surface area contributed by atoms with Crippen LogP contribution in [-0.2, 0) is 4.79 Å². The second kappa shape index (κ2) is 3.23. The highest BCUT2D eigenvalue weighted by Crippen LogP contribution is 2.07. The summed E-state index contributed by atoms with van der Waals surface area (Å²) < 4.78 is 0. The first-order chi connectivity index (χ1) is 4.50. The van der Waals surface area contributed by atoms with E-state index in [2.05, 4.69) is 5.92 Å². The first kappa shape index (κ1) is 8.99. The third-order valence-corrected chi connectivity index (χ3v) is 1.28. The van der Waals surface area contributed by atoms with E-state index in [1.807, 2.05) is 0 Å². The highest BCUT2D eigenvalue weighted by Gasteiger charge is 2.26. The van der Waals surface area contributed by atoms with Gasteiger partial charge < -0.3 is 10.8 Å². The maximum Gasteiger partial charge on any atom is 0.323 e. The summed E-state index contributed by atoms with van der Waals surface area (Å²) in [6, 6.07) is 0. The number of hydrogen-bond donors (Lipinski definition) is 2. The van der Waals surface area contributed by atoms with Gasteiger partial charge in [-0.3, -0.25) is 4.79 Å². The van der Waals surface area contributed by atoms with Crippen molar-refractivity contribution in [2.45, 2.75) is 25.3 Å². The van der Waals surface area contributed by atoms with Crippen molar-refractivity contribution in [3.8, 4) is 12.3 Å². The first-order valence-electron chi connectivity index (χ1n) is 2.96. The molecule has 0 aromatic rings. The van der Waals surface area contributed by atoms with Crippen LogP contribution < -0.4 is 5.73 Å².